The SMILES string of the molecule is C=CCOCC12CCCOC1CCN(C(=O)c1ccc(C)nc1)C2. The number of hydrogen-bond donors (Lipinski definition) is 0. The van der Waals surface area contributed by atoms with Gasteiger partial charge in [0.2, 0.25) is 0 Å². The maximum atomic E-state index is 12.8. The molecule has 130 valence electrons. The van der Waals surface area contributed by atoms with Gasteiger partial charge in [0.15, 0.2) is 0 Å². The lowest BCUT2D eigenvalue weighted by molar-refractivity contribution is -0.144. The number of piperidine rings is 1. The van der Waals surface area contributed by atoms with Crippen LogP contribution in [-0.2, 0) is 9.47 Å². The Balaban J connectivity index is 1.75. The fraction of sp³-hybridized carbons (Fsp3) is 0.579. The molecule has 3 heterocycles. The number of ether oxygens (including phenoxy) is 2. The van der Waals surface area contributed by atoms with Crippen molar-refractivity contribution in [2.45, 2.75) is 32.3 Å². The van der Waals surface area contributed by atoms with E-state index in [0.29, 0.717) is 25.3 Å². The normalized spacial score (nSPS) is 26.7. The first kappa shape index (κ1) is 17.1. The Kier molecular flexibility index (Phi) is 5.31. The number of aromatic nitrogens is 1. The van der Waals surface area contributed by atoms with Gasteiger partial charge in [-0.05, 0) is 38.3 Å². The van der Waals surface area contributed by atoms with Gasteiger partial charge < -0.3 is 14.4 Å². The Hall–Kier alpha value is -1.72. The number of hydrogen-bond acceptors (Lipinski definition) is 4. The van der Waals surface area contributed by atoms with Crippen LogP contribution in [0.5, 0.6) is 0 Å². The van der Waals surface area contributed by atoms with Gasteiger partial charge in [0.1, 0.15) is 0 Å². The Bertz CT molecular complexity index is 587. The van der Waals surface area contributed by atoms with Crippen molar-refractivity contribution in [3.8, 4) is 0 Å². The minimum atomic E-state index is -0.104. The molecular weight excluding hydrogens is 304 g/mol. The highest BCUT2D eigenvalue weighted by atomic mass is 16.5. The van der Waals surface area contributed by atoms with Crippen LogP contribution < -0.4 is 0 Å². The highest BCUT2D eigenvalue weighted by Gasteiger charge is 2.47. The molecule has 0 radical (unpaired) electrons. The lowest BCUT2D eigenvalue weighted by atomic mass is 9.73. The number of aryl methyl sites for hydroxylation is 1. The maximum Gasteiger partial charge on any atom is 0.255 e. The number of carbonyl (C=O) groups is 1. The highest BCUT2D eigenvalue weighted by molar-refractivity contribution is 5.94. The van der Waals surface area contributed by atoms with Crippen LogP contribution in [0.4, 0.5) is 0 Å². The summed E-state index contributed by atoms with van der Waals surface area (Å²) in [4.78, 5) is 19.0. The Morgan fingerprint density at radius 2 is 2.46 bits per heavy atom. The molecule has 2 fully saturated rings. The van der Waals surface area contributed by atoms with Crippen LogP contribution in [0, 0.1) is 12.3 Å². The molecule has 1 aromatic heterocycles. The van der Waals surface area contributed by atoms with Crippen LogP contribution in [0.3, 0.4) is 0 Å². The number of nitrogens with zero attached hydrogens (tertiary/aromatic N) is 2. The fourth-order valence-electron chi connectivity index (χ4n) is 3.80. The molecule has 2 saturated heterocycles. The zero-order chi connectivity index (χ0) is 17.0. The average molecular weight is 330 g/mol. The van der Waals surface area contributed by atoms with Gasteiger partial charge in [0, 0.05) is 37.0 Å². The van der Waals surface area contributed by atoms with Crippen molar-refractivity contribution in [1.82, 2.24) is 9.88 Å². The van der Waals surface area contributed by atoms with E-state index in [-0.39, 0.29) is 17.4 Å². The smallest absolute Gasteiger partial charge is 0.255 e. The van der Waals surface area contributed by atoms with E-state index < -0.39 is 0 Å². The molecule has 5 heteroatoms. The van der Waals surface area contributed by atoms with E-state index in [1.165, 1.54) is 0 Å². The maximum absolute atomic E-state index is 12.8. The molecule has 2 atom stereocenters. The van der Waals surface area contributed by atoms with Gasteiger partial charge in [-0.25, -0.2) is 0 Å². The van der Waals surface area contributed by atoms with Crippen molar-refractivity contribution in [3.63, 3.8) is 0 Å². The summed E-state index contributed by atoms with van der Waals surface area (Å²) in [7, 11) is 0. The predicted octanol–water partition coefficient (Wildman–Crippen LogP) is 2.60. The first-order chi connectivity index (χ1) is 11.6. The van der Waals surface area contributed by atoms with Crippen molar-refractivity contribution < 1.29 is 14.3 Å². The monoisotopic (exact) mass is 330 g/mol. The Morgan fingerprint density at radius 3 is 3.21 bits per heavy atom. The molecular formula is C19H26N2O3. The van der Waals surface area contributed by atoms with E-state index in [0.717, 1.165) is 38.1 Å². The third kappa shape index (κ3) is 3.52. The molecule has 0 saturated carbocycles. The molecule has 0 bridgehead atoms. The van der Waals surface area contributed by atoms with Gasteiger partial charge in [-0.2, -0.15) is 0 Å². The van der Waals surface area contributed by atoms with E-state index in [9.17, 15) is 4.79 Å². The van der Waals surface area contributed by atoms with Crippen LogP contribution in [-0.4, -0.2) is 54.8 Å². The molecule has 5 nitrogen and oxygen atoms in total. The van der Waals surface area contributed by atoms with E-state index in [4.69, 9.17) is 9.47 Å². The summed E-state index contributed by atoms with van der Waals surface area (Å²) in [6.07, 6.45) is 6.52. The summed E-state index contributed by atoms with van der Waals surface area (Å²) >= 11 is 0. The molecule has 24 heavy (non-hydrogen) atoms. The highest BCUT2D eigenvalue weighted by Crippen LogP contribution is 2.40. The second kappa shape index (κ2) is 7.45. The van der Waals surface area contributed by atoms with Gasteiger partial charge in [0.25, 0.3) is 5.91 Å². The van der Waals surface area contributed by atoms with Gasteiger partial charge in [-0.1, -0.05) is 6.08 Å². The molecule has 0 aromatic carbocycles. The lowest BCUT2D eigenvalue weighted by Crippen LogP contribution is -2.58. The molecule has 1 amide bonds. The van der Waals surface area contributed by atoms with E-state index in [1.807, 2.05) is 24.0 Å². The second-order valence-electron chi connectivity index (χ2n) is 6.83. The Morgan fingerprint density at radius 1 is 1.58 bits per heavy atom. The van der Waals surface area contributed by atoms with Gasteiger partial charge in [-0.3, -0.25) is 9.78 Å². The second-order valence-corrected chi connectivity index (χ2v) is 6.83. The van der Waals surface area contributed by atoms with E-state index in [1.54, 1.807) is 12.3 Å². The number of likely N-dealkylation sites (tertiary alicyclic amines) is 1. The van der Waals surface area contributed by atoms with Crippen molar-refractivity contribution in [2.24, 2.45) is 5.41 Å². The summed E-state index contributed by atoms with van der Waals surface area (Å²) in [6.45, 7) is 8.99. The summed E-state index contributed by atoms with van der Waals surface area (Å²) in [5.74, 6) is 0.0506. The third-order valence-electron chi connectivity index (χ3n) is 5.06. The molecule has 2 aliphatic rings. The predicted molar refractivity (Wildman–Crippen MR) is 91.9 cm³/mol. The summed E-state index contributed by atoms with van der Waals surface area (Å²) < 4.78 is 11.8. The number of fused-ring (bicyclic) bond motifs is 1. The first-order valence-electron chi connectivity index (χ1n) is 8.67. The Labute approximate surface area is 143 Å². The van der Waals surface area contributed by atoms with Crippen LogP contribution in [0.2, 0.25) is 0 Å². The van der Waals surface area contributed by atoms with Crippen molar-refractivity contribution >= 4 is 5.91 Å². The molecule has 0 aliphatic carbocycles. The number of carbonyl (C=O) groups excluding carboxylic acids is 1. The average Bonchev–Trinajstić information content (AvgIpc) is 2.61. The molecule has 0 N–H and O–H groups in total. The quantitative estimate of drug-likeness (QED) is 0.615. The van der Waals surface area contributed by atoms with Crippen LogP contribution >= 0.6 is 0 Å². The van der Waals surface area contributed by atoms with Crippen LogP contribution in [0.15, 0.2) is 31.0 Å². The zero-order valence-electron chi connectivity index (χ0n) is 14.4. The van der Waals surface area contributed by atoms with Gasteiger partial charge in [-0.15, -0.1) is 6.58 Å². The van der Waals surface area contributed by atoms with Gasteiger partial charge >= 0.3 is 0 Å². The lowest BCUT2D eigenvalue weighted by Gasteiger charge is -2.50. The van der Waals surface area contributed by atoms with Gasteiger partial charge in [0.05, 0.1) is 24.9 Å². The van der Waals surface area contributed by atoms with Crippen molar-refractivity contribution in [3.05, 3.63) is 42.2 Å². The molecule has 2 unspecified atom stereocenters. The topological polar surface area (TPSA) is 51.7 Å². The number of amides is 1. The van der Waals surface area contributed by atoms with E-state index >= 15 is 0 Å². The number of pyridine rings is 1. The molecule has 3 rings (SSSR count). The third-order valence-corrected chi connectivity index (χ3v) is 5.06. The summed E-state index contributed by atoms with van der Waals surface area (Å²) in [6, 6.07) is 3.74. The minimum Gasteiger partial charge on any atom is -0.377 e. The fourth-order valence-corrected chi connectivity index (χ4v) is 3.80. The van der Waals surface area contributed by atoms with Crippen molar-refractivity contribution in [2.75, 3.05) is 32.9 Å². The molecule has 2 aliphatic heterocycles. The molecule has 0 spiro atoms. The minimum absolute atomic E-state index is 0.0506. The first-order valence-corrected chi connectivity index (χ1v) is 8.67. The van der Waals surface area contributed by atoms with Crippen LogP contribution in [0.1, 0.15) is 35.3 Å². The summed E-state index contributed by atoms with van der Waals surface area (Å²) in [5, 5.41) is 0. The molecule has 1 aromatic rings. The van der Waals surface area contributed by atoms with Crippen molar-refractivity contribution in [1.29, 1.82) is 0 Å². The van der Waals surface area contributed by atoms with E-state index in [2.05, 4.69) is 11.6 Å². The zero-order valence-corrected chi connectivity index (χ0v) is 14.4. The van der Waals surface area contributed by atoms with Crippen LogP contribution in [0.25, 0.3) is 0 Å². The summed E-state index contributed by atoms with van der Waals surface area (Å²) in [5.41, 5.74) is 1.46. The number of rotatable bonds is 5. The largest absolute Gasteiger partial charge is 0.377 e. The standard InChI is InChI=1S/C19H26N2O3/c1-3-10-23-14-19-8-4-11-24-17(19)7-9-21(13-19)18(22)16-6-5-15(2)20-12-16/h3,5-6,12,17H,1,4,7-11,13-14H2,2H3.